The molecule has 1 aliphatic rings. The summed E-state index contributed by atoms with van der Waals surface area (Å²) in [7, 11) is 0. The molecular formula is C14H24BrN3. The number of nitrogens with zero attached hydrogens (tertiary/aromatic N) is 2. The SMILES string of the molecule is CCCn1ncc(Br)c1C1CCC(NCC)C1C. The highest BCUT2D eigenvalue weighted by Crippen LogP contribution is 2.42. The molecule has 0 saturated heterocycles. The summed E-state index contributed by atoms with van der Waals surface area (Å²) in [6, 6.07) is 0.664. The Morgan fingerprint density at radius 3 is 2.89 bits per heavy atom. The maximum Gasteiger partial charge on any atom is 0.0635 e. The lowest BCUT2D eigenvalue weighted by molar-refractivity contribution is 0.396. The van der Waals surface area contributed by atoms with E-state index in [0.29, 0.717) is 17.9 Å². The van der Waals surface area contributed by atoms with Gasteiger partial charge in [-0.2, -0.15) is 5.10 Å². The van der Waals surface area contributed by atoms with Crippen LogP contribution in [0.5, 0.6) is 0 Å². The minimum absolute atomic E-state index is 0.637. The van der Waals surface area contributed by atoms with E-state index in [-0.39, 0.29) is 0 Å². The number of hydrogen-bond donors (Lipinski definition) is 1. The van der Waals surface area contributed by atoms with Crippen LogP contribution in [0, 0.1) is 5.92 Å². The van der Waals surface area contributed by atoms with Gasteiger partial charge in [0.15, 0.2) is 0 Å². The van der Waals surface area contributed by atoms with Crippen LogP contribution in [0.3, 0.4) is 0 Å². The summed E-state index contributed by atoms with van der Waals surface area (Å²) in [5, 5.41) is 8.12. The minimum atomic E-state index is 0.637. The van der Waals surface area contributed by atoms with Gasteiger partial charge in [-0.3, -0.25) is 4.68 Å². The van der Waals surface area contributed by atoms with E-state index < -0.39 is 0 Å². The fourth-order valence-corrected chi connectivity index (χ4v) is 3.82. The first-order valence-corrected chi connectivity index (χ1v) is 7.92. The molecule has 1 aromatic rings. The first-order valence-electron chi connectivity index (χ1n) is 7.13. The molecule has 3 atom stereocenters. The highest BCUT2D eigenvalue weighted by Gasteiger charge is 2.36. The van der Waals surface area contributed by atoms with Crippen molar-refractivity contribution in [2.75, 3.05) is 6.54 Å². The average Bonchev–Trinajstić information content (AvgIpc) is 2.86. The van der Waals surface area contributed by atoms with Crippen LogP contribution >= 0.6 is 15.9 Å². The van der Waals surface area contributed by atoms with Crippen molar-refractivity contribution in [2.45, 2.75) is 58.5 Å². The zero-order valence-electron chi connectivity index (χ0n) is 11.6. The molecule has 0 aliphatic heterocycles. The second kappa shape index (κ2) is 6.20. The highest BCUT2D eigenvalue weighted by molar-refractivity contribution is 9.10. The van der Waals surface area contributed by atoms with E-state index in [0.717, 1.165) is 19.5 Å². The van der Waals surface area contributed by atoms with Gasteiger partial charge < -0.3 is 5.32 Å². The van der Waals surface area contributed by atoms with Crippen molar-refractivity contribution in [3.8, 4) is 0 Å². The lowest BCUT2D eigenvalue weighted by atomic mass is 9.92. The smallest absolute Gasteiger partial charge is 0.0635 e. The second-order valence-corrected chi connectivity index (χ2v) is 6.16. The Morgan fingerprint density at radius 2 is 2.22 bits per heavy atom. The molecule has 3 unspecified atom stereocenters. The molecule has 0 aromatic carbocycles. The van der Waals surface area contributed by atoms with Crippen LogP contribution in [0.2, 0.25) is 0 Å². The predicted octanol–water partition coefficient (Wildman–Crippen LogP) is 3.55. The monoisotopic (exact) mass is 313 g/mol. The standard InChI is InChI=1S/C14H24BrN3/c1-4-8-18-14(12(15)9-17-18)11-6-7-13(10(11)3)16-5-2/h9-11,13,16H,4-8H2,1-3H3. The van der Waals surface area contributed by atoms with Crippen molar-refractivity contribution < 1.29 is 0 Å². The van der Waals surface area contributed by atoms with Crippen molar-refractivity contribution in [1.29, 1.82) is 0 Å². The van der Waals surface area contributed by atoms with Crippen molar-refractivity contribution in [3.63, 3.8) is 0 Å². The molecule has 1 heterocycles. The van der Waals surface area contributed by atoms with Crippen LogP contribution in [0.25, 0.3) is 0 Å². The first-order chi connectivity index (χ1) is 8.69. The molecule has 1 N–H and O–H groups in total. The molecule has 1 aromatic heterocycles. The fourth-order valence-electron chi connectivity index (χ4n) is 3.23. The van der Waals surface area contributed by atoms with Crippen molar-refractivity contribution in [1.82, 2.24) is 15.1 Å². The summed E-state index contributed by atoms with van der Waals surface area (Å²) < 4.78 is 3.38. The van der Waals surface area contributed by atoms with E-state index in [1.54, 1.807) is 0 Å². The Bertz CT molecular complexity index is 388. The number of rotatable bonds is 5. The fraction of sp³-hybridized carbons (Fsp3) is 0.786. The molecule has 4 heteroatoms. The third-order valence-corrected chi connectivity index (χ3v) is 4.76. The molecule has 2 rings (SSSR count). The van der Waals surface area contributed by atoms with Gasteiger partial charge in [0.2, 0.25) is 0 Å². The summed E-state index contributed by atoms with van der Waals surface area (Å²) >= 11 is 3.68. The zero-order valence-corrected chi connectivity index (χ0v) is 13.2. The molecule has 18 heavy (non-hydrogen) atoms. The Labute approximate surface area is 118 Å². The number of aryl methyl sites for hydroxylation is 1. The van der Waals surface area contributed by atoms with Gasteiger partial charge in [0, 0.05) is 18.5 Å². The zero-order chi connectivity index (χ0) is 13.1. The summed E-state index contributed by atoms with van der Waals surface area (Å²) in [6.45, 7) is 8.87. The Hall–Kier alpha value is -0.350. The number of halogens is 1. The van der Waals surface area contributed by atoms with Gasteiger partial charge in [-0.15, -0.1) is 0 Å². The van der Waals surface area contributed by atoms with Crippen LogP contribution in [-0.4, -0.2) is 22.4 Å². The third-order valence-electron chi connectivity index (χ3n) is 4.14. The van der Waals surface area contributed by atoms with Gasteiger partial charge in [-0.05, 0) is 47.7 Å². The van der Waals surface area contributed by atoms with Crippen molar-refractivity contribution in [2.24, 2.45) is 5.92 Å². The van der Waals surface area contributed by atoms with E-state index in [1.807, 2.05) is 6.20 Å². The molecule has 1 fully saturated rings. The topological polar surface area (TPSA) is 29.9 Å². The summed E-state index contributed by atoms with van der Waals surface area (Å²) in [5.74, 6) is 1.33. The lowest BCUT2D eigenvalue weighted by Gasteiger charge is -2.22. The third kappa shape index (κ3) is 2.64. The number of nitrogens with one attached hydrogen (secondary N) is 1. The van der Waals surface area contributed by atoms with Crippen LogP contribution in [0.4, 0.5) is 0 Å². The highest BCUT2D eigenvalue weighted by atomic mass is 79.9. The van der Waals surface area contributed by atoms with Crippen molar-refractivity contribution in [3.05, 3.63) is 16.4 Å². The average molecular weight is 314 g/mol. The summed E-state index contributed by atoms with van der Waals surface area (Å²) in [4.78, 5) is 0. The first kappa shape index (κ1) is 14.1. The second-order valence-electron chi connectivity index (χ2n) is 5.31. The van der Waals surface area contributed by atoms with Gasteiger partial charge in [-0.1, -0.05) is 20.8 Å². The van der Waals surface area contributed by atoms with Gasteiger partial charge >= 0.3 is 0 Å². The predicted molar refractivity (Wildman–Crippen MR) is 78.8 cm³/mol. The Kier molecular flexibility index (Phi) is 4.84. The molecule has 0 spiro atoms. The molecule has 3 nitrogen and oxygen atoms in total. The summed E-state index contributed by atoms with van der Waals surface area (Å²) in [5.41, 5.74) is 1.41. The van der Waals surface area contributed by atoms with E-state index >= 15 is 0 Å². The molecule has 1 aliphatic carbocycles. The van der Waals surface area contributed by atoms with Gasteiger partial charge in [-0.25, -0.2) is 0 Å². The molecule has 102 valence electrons. The van der Waals surface area contributed by atoms with Crippen molar-refractivity contribution >= 4 is 15.9 Å². The molecule has 1 saturated carbocycles. The lowest BCUT2D eigenvalue weighted by Crippen LogP contribution is -2.32. The van der Waals surface area contributed by atoms with Gasteiger partial charge in [0.05, 0.1) is 16.4 Å². The van der Waals surface area contributed by atoms with E-state index in [9.17, 15) is 0 Å². The van der Waals surface area contributed by atoms with E-state index in [2.05, 4.69) is 51.8 Å². The largest absolute Gasteiger partial charge is 0.314 e. The van der Waals surface area contributed by atoms with Crippen LogP contribution in [0.15, 0.2) is 10.7 Å². The Morgan fingerprint density at radius 1 is 1.44 bits per heavy atom. The van der Waals surface area contributed by atoms with Crippen LogP contribution < -0.4 is 5.32 Å². The number of aromatic nitrogens is 2. The summed E-state index contributed by atoms with van der Waals surface area (Å²) in [6.07, 6.45) is 5.65. The van der Waals surface area contributed by atoms with Crippen LogP contribution in [-0.2, 0) is 6.54 Å². The normalized spacial score (nSPS) is 27.9. The molecule has 0 bridgehead atoms. The molecular weight excluding hydrogens is 290 g/mol. The van der Waals surface area contributed by atoms with Gasteiger partial charge in [0.25, 0.3) is 0 Å². The van der Waals surface area contributed by atoms with E-state index in [4.69, 9.17) is 0 Å². The maximum atomic E-state index is 4.50. The number of hydrogen-bond acceptors (Lipinski definition) is 2. The maximum absolute atomic E-state index is 4.50. The quantitative estimate of drug-likeness (QED) is 0.901. The minimum Gasteiger partial charge on any atom is -0.314 e. The van der Waals surface area contributed by atoms with Crippen LogP contribution in [0.1, 0.15) is 51.6 Å². The Balaban J connectivity index is 2.19. The molecule has 0 radical (unpaired) electrons. The van der Waals surface area contributed by atoms with E-state index in [1.165, 1.54) is 23.0 Å². The molecule has 0 amide bonds. The van der Waals surface area contributed by atoms with Gasteiger partial charge in [0.1, 0.15) is 0 Å².